The first-order valence-electron chi connectivity index (χ1n) is 8.11. The molecule has 7 heteroatoms. The molecule has 0 spiro atoms. The Kier molecular flexibility index (Phi) is 5.12. The van der Waals surface area contributed by atoms with Crippen molar-refractivity contribution in [2.75, 3.05) is 36.9 Å². The summed E-state index contributed by atoms with van der Waals surface area (Å²) in [5, 5.41) is 12.7. The lowest BCUT2D eigenvalue weighted by Gasteiger charge is -2.27. The zero-order valence-corrected chi connectivity index (χ0v) is 14.1. The predicted molar refractivity (Wildman–Crippen MR) is 93.2 cm³/mol. The van der Waals surface area contributed by atoms with E-state index in [2.05, 4.69) is 25.7 Å². The van der Waals surface area contributed by atoms with E-state index in [4.69, 9.17) is 4.74 Å². The SMILES string of the molecule is Cc1n[nH]c(C)c1NC(=O)Nc1ccccc1CN1CCOCC1. The molecule has 0 unspecified atom stereocenters. The van der Waals surface area contributed by atoms with Crippen molar-refractivity contribution in [1.82, 2.24) is 15.1 Å². The van der Waals surface area contributed by atoms with Crippen molar-refractivity contribution in [3.8, 4) is 0 Å². The van der Waals surface area contributed by atoms with Crippen LogP contribution in [0.25, 0.3) is 0 Å². The van der Waals surface area contributed by atoms with Crippen molar-refractivity contribution >= 4 is 17.4 Å². The Bertz CT molecular complexity index is 687. The van der Waals surface area contributed by atoms with E-state index in [1.54, 1.807) is 0 Å². The lowest BCUT2D eigenvalue weighted by Crippen LogP contribution is -2.36. The first-order valence-corrected chi connectivity index (χ1v) is 8.11. The lowest BCUT2D eigenvalue weighted by atomic mass is 10.1. The molecule has 0 aliphatic carbocycles. The highest BCUT2D eigenvalue weighted by Gasteiger charge is 2.15. The molecule has 0 bridgehead atoms. The van der Waals surface area contributed by atoms with E-state index in [1.165, 1.54) is 0 Å². The number of urea groups is 1. The fourth-order valence-corrected chi connectivity index (χ4v) is 2.78. The van der Waals surface area contributed by atoms with Crippen LogP contribution in [-0.4, -0.2) is 47.4 Å². The predicted octanol–water partition coefficient (Wildman–Crippen LogP) is 2.50. The van der Waals surface area contributed by atoms with Gasteiger partial charge in [0.15, 0.2) is 0 Å². The average molecular weight is 329 g/mol. The van der Waals surface area contributed by atoms with Gasteiger partial charge in [-0.1, -0.05) is 18.2 Å². The van der Waals surface area contributed by atoms with Gasteiger partial charge < -0.3 is 15.4 Å². The summed E-state index contributed by atoms with van der Waals surface area (Å²) in [6, 6.07) is 7.61. The van der Waals surface area contributed by atoms with Crippen LogP contribution < -0.4 is 10.6 Å². The Morgan fingerprint density at radius 3 is 2.71 bits per heavy atom. The number of carbonyl (C=O) groups is 1. The average Bonchev–Trinajstić information content (AvgIpc) is 2.89. The number of ether oxygens (including phenoxy) is 1. The fraction of sp³-hybridized carbons (Fsp3) is 0.412. The Labute approximate surface area is 141 Å². The summed E-state index contributed by atoms with van der Waals surface area (Å²) in [5.74, 6) is 0. The standard InChI is InChI=1S/C17H23N5O2/c1-12-16(13(2)21-20-12)19-17(23)18-15-6-4-3-5-14(15)11-22-7-9-24-10-8-22/h3-6H,7-11H2,1-2H3,(H,20,21)(H2,18,19,23). The zero-order chi connectivity index (χ0) is 16.9. The van der Waals surface area contributed by atoms with Crippen molar-refractivity contribution < 1.29 is 9.53 Å². The molecule has 128 valence electrons. The van der Waals surface area contributed by atoms with Gasteiger partial charge in [0.2, 0.25) is 0 Å². The molecule has 3 N–H and O–H groups in total. The van der Waals surface area contributed by atoms with Crippen molar-refractivity contribution in [1.29, 1.82) is 0 Å². The number of hydrogen-bond donors (Lipinski definition) is 3. The highest BCUT2D eigenvalue weighted by Crippen LogP contribution is 2.20. The minimum atomic E-state index is -0.267. The maximum absolute atomic E-state index is 12.3. The maximum Gasteiger partial charge on any atom is 0.323 e. The van der Waals surface area contributed by atoms with Crippen LogP contribution in [0.15, 0.2) is 24.3 Å². The number of aryl methyl sites for hydroxylation is 2. The van der Waals surface area contributed by atoms with Crippen molar-refractivity contribution in [3.05, 3.63) is 41.2 Å². The summed E-state index contributed by atoms with van der Waals surface area (Å²) < 4.78 is 5.38. The van der Waals surface area contributed by atoms with Crippen molar-refractivity contribution in [3.63, 3.8) is 0 Å². The van der Waals surface area contributed by atoms with Crippen LogP contribution in [0.4, 0.5) is 16.2 Å². The van der Waals surface area contributed by atoms with E-state index in [0.29, 0.717) is 0 Å². The molecule has 1 aliphatic rings. The topological polar surface area (TPSA) is 82.3 Å². The summed E-state index contributed by atoms with van der Waals surface area (Å²) in [6.45, 7) is 7.86. The number of H-pyrrole nitrogens is 1. The smallest absolute Gasteiger partial charge is 0.323 e. The number of amides is 2. The number of carbonyl (C=O) groups excluding carboxylic acids is 1. The summed E-state index contributed by atoms with van der Waals surface area (Å²) >= 11 is 0. The van der Waals surface area contributed by atoms with E-state index in [9.17, 15) is 4.79 Å². The van der Waals surface area contributed by atoms with E-state index >= 15 is 0 Å². The molecule has 2 aromatic rings. The van der Waals surface area contributed by atoms with Gasteiger partial charge >= 0.3 is 6.03 Å². The molecule has 7 nitrogen and oxygen atoms in total. The van der Waals surface area contributed by atoms with E-state index < -0.39 is 0 Å². The fourth-order valence-electron chi connectivity index (χ4n) is 2.78. The van der Waals surface area contributed by atoms with Gasteiger partial charge in [-0.15, -0.1) is 0 Å². The highest BCUT2D eigenvalue weighted by atomic mass is 16.5. The monoisotopic (exact) mass is 329 g/mol. The molecule has 3 rings (SSSR count). The molecule has 2 heterocycles. The van der Waals surface area contributed by atoms with Crippen LogP contribution in [0.2, 0.25) is 0 Å². The third-order valence-electron chi connectivity index (χ3n) is 4.13. The summed E-state index contributed by atoms with van der Waals surface area (Å²) in [6.07, 6.45) is 0. The van der Waals surface area contributed by atoms with Gasteiger partial charge in [0, 0.05) is 25.3 Å². The Morgan fingerprint density at radius 1 is 1.25 bits per heavy atom. The molecular weight excluding hydrogens is 306 g/mol. The largest absolute Gasteiger partial charge is 0.379 e. The number of aromatic nitrogens is 2. The third-order valence-corrected chi connectivity index (χ3v) is 4.13. The second-order valence-electron chi connectivity index (χ2n) is 5.93. The first-order chi connectivity index (χ1) is 11.6. The Balaban J connectivity index is 1.67. The number of anilines is 2. The lowest BCUT2D eigenvalue weighted by molar-refractivity contribution is 0.0343. The second kappa shape index (κ2) is 7.46. The van der Waals surface area contributed by atoms with Gasteiger partial charge in [-0.2, -0.15) is 5.10 Å². The number of rotatable bonds is 4. The summed E-state index contributed by atoms with van der Waals surface area (Å²) in [5.41, 5.74) is 4.24. The number of hydrogen-bond acceptors (Lipinski definition) is 4. The van der Waals surface area contributed by atoms with Crippen LogP contribution >= 0.6 is 0 Å². The van der Waals surface area contributed by atoms with Gasteiger partial charge in [-0.05, 0) is 25.5 Å². The molecule has 0 radical (unpaired) electrons. The van der Waals surface area contributed by atoms with Gasteiger partial charge in [0.1, 0.15) is 0 Å². The number of para-hydroxylation sites is 1. The molecule has 1 aromatic carbocycles. The minimum absolute atomic E-state index is 0.267. The van der Waals surface area contributed by atoms with Gasteiger partial charge in [-0.3, -0.25) is 10.00 Å². The van der Waals surface area contributed by atoms with Gasteiger partial charge in [0.05, 0.1) is 30.3 Å². The van der Waals surface area contributed by atoms with Gasteiger partial charge in [-0.25, -0.2) is 4.79 Å². The normalized spacial score (nSPS) is 15.2. The highest BCUT2D eigenvalue weighted by molar-refractivity contribution is 6.00. The number of nitrogens with zero attached hydrogens (tertiary/aromatic N) is 2. The Hall–Kier alpha value is -2.38. The second-order valence-corrected chi connectivity index (χ2v) is 5.93. The van der Waals surface area contributed by atoms with Gasteiger partial charge in [0.25, 0.3) is 0 Å². The molecule has 1 aromatic heterocycles. The maximum atomic E-state index is 12.3. The molecule has 24 heavy (non-hydrogen) atoms. The molecule has 1 aliphatic heterocycles. The molecule has 0 saturated carbocycles. The van der Waals surface area contributed by atoms with Crippen LogP contribution in [0.3, 0.4) is 0 Å². The minimum Gasteiger partial charge on any atom is -0.379 e. The van der Waals surface area contributed by atoms with Crippen LogP contribution in [-0.2, 0) is 11.3 Å². The quantitative estimate of drug-likeness (QED) is 0.805. The molecule has 1 fully saturated rings. The van der Waals surface area contributed by atoms with Crippen LogP contribution in [0.5, 0.6) is 0 Å². The molecule has 0 atom stereocenters. The van der Waals surface area contributed by atoms with Crippen molar-refractivity contribution in [2.45, 2.75) is 20.4 Å². The van der Waals surface area contributed by atoms with E-state index in [-0.39, 0.29) is 6.03 Å². The molecule has 1 saturated heterocycles. The third kappa shape index (κ3) is 3.93. The summed E-state index contributed by atoms with van der Waals surface area (Å²) in [4.78, 5) is 14.7. The number of nitrogens with one attached hydrogen (secondary N) is 3. The van der Waals surface area contributed by atoms with Crippen molar-refractivity contribution in [2.24, 2.45) is 0 Å². The zero-order valence-electron chi connectivity index (χ0n) is 14.1. The summed E-state index contributed by atoms with van der Waals surface area (Å²) in [7, 11) is 0. The van der Waals surface area contributed by atoms with E-state index in [0.717, 1.165) is 61.2 Å². The number of morpholine rings is 1. The van der Waals surface area contributed by atoms with Crippen LogP contribution in [0.1, 0.15) is 17.0 Å². The first kappa shape index (κ1) is 16.5. The number of benzene rings is 1. The molecular formula is C17H23N5O2. The number of aromatic amines is 1. The van der Waals surface area contributed by atoms with E-state index in [1.807, 2.05) is 38.1 Å². The molecule has 2 amide bonds. The Morgan fingerprint density at radius 2 is 2.00 bits per heavy atom. The van der Waals surface area contributed by atoms with Crippen LogP contribution in [0, 0.1) is 13.8 Å².